The molecule has 1 N–H and O–H groups in total. The van der Waals surface area contributed by atoms with E-state index < -0.39 is 28.6 Å². The van der Waals surface area contributed by atoms with Gasteiger partial charge >= 0.3 is 5.97 Å². The highest BCUT2D eigenvalue weighted by molar-refractivity contribution is 7.89. The predicted octanol–water partition coefficient (Wildman–Crippen LogP) is 2.20. The van der Waals surface area contributed by atoms with Gasteiger partial charge in [0.15, 0.2) is 6.61 Å². The first-order chi connectivity index (χ1) is 15.6. The second kappa shape index (κ2) is 11.1. The van der Waals surface area contributed by atoms with Gasteiger partial charge in [-0.2, -0.15) is 4.72 Å². The Morgan fingerprint density at radius 3 is 2.39 bits per heavy atom. The lowest BCUT2D eigenvalue weighted by molar-refractivity contribution is -0.153. The van der Waals surface area contributed by atoms with Gasteiger partial charge in [0.05, 0.1) is 4.90 Å². The largest absolute Gasteiger partial charge is 0.454 e. The third kappa shape index (κ3) is 7.26. The second-order valence-corrected chi connectivity index (χ2v) is 10.2. The molecule has 1 atom stereocenters. The molecule has 0 radical (unpaired) electrons. The number of aryl methyl sites for hydroxylation is 1. The van der Waals surface area contributed by atoms with Crippen molar-refractivity contribution in [2.75, 3.05) is 32.8 Å². The minimum absolute atomic E-state index is 0.0221. The number of ether oxygens (including phenoxy) is 1. The molecule has 2 aromatic rings. The number of carbonyl (C=O) groups is 2. The first-order valence-corrected chi connectivity index (χ1v) is 12.5. The molecule has 0 aromatic heterocycles. The van der Waals surface area contributed by atoms with Gasteiger partial charge in [-0.25, -0.2) is 8.42 Å². The molecule has 8 nitrogen and oxygen atoms in total. The van der Waals surface area contributed by atoms with Gasteiger partial charge in [-0.1, -0.05) is 41.4 Å². The van der Waals surface area contributed by atoms with Gasteiger partial charge in [-0.15, -0.1) is 0 Å². The number of nitrogens with zero attached hydrogens (tertiary/aromatic N) is 2. The molecule has 0 spiro atoms. The zero-order valence-electron chi connectivity index (χ0n) is 18.7. The highest BCUT2D eigenvalue weighted by Crippen LogP contribution is 2.15. The number of hydrogen-bond donors (Lipinski definition) is 1. The van der Waals surface area contributed by atoms with Crippen molar-refractivity contribution in [1.82, 2.24) is 14.5 Å². The number of rotatable bonds is 8. The molecule has 1 fully saturated rings. The lowest BCUT2D eigenvalue weighted by Crippen LogP contribution is -2.49. The second-order valence-electron chi connectivity index (χ2n) is 8.05. The molecule has 0 bridgehead atoms. The fourth-order valence-electron chi connectivity index (χ4n) is 3.54. The van der Waals surface area contributed by atoms with Crippen LogP contribution in [-0.2, 0) is 30.9 Å². The number of piperazine rings is 1. The number of amides is 1. The monoisotopic (exact) mass is 493 g/mol. The summed E-state index contributed by atoms with van der Waals surface area (Å²) in [5.41, 5.74) is 2.45. The number of esters is 1. The van der Waals surface area contributed by atoms with Gasteiger partial charge in [-0.3, -0.25) is 14.5 Å². The number of benzene rings is 2. The zero-order chi connectivity index (χ0) is 24.0. The lowest BCUT2D eigenvalue weighted by atomic mass is 10.1. The lowest BCUT2D eigenvalue weighted by Gasteiger charge is -2.34. The SMILES string of the molecule is Cc1cccc(CN2CCN(C(=O)COC(=O)[C@H](C)NS(=O)(=O)c3ccc(Cl)cc3)CC2)c1. The predicted molar refractivity (Wildman–Crippen MR) is 125 cm³/mol. The van der Waals surface area contributed by atoms with Crippen molar-refractivity contribution in [2.45, 2.75) is 31.3 Å². The van der Waals surface area contributed by atoms with E-state index in [0.717, 1.165) is 19.6 Å². The van der Waals surface area contributed by atoms with Crippen molar-refractivity contribution in [2.24, 2.45) is 0 Å². The standard InChI is InChI=1S/C23H28ClN3O5S/c1-17-4-3-5-19(14-17)15-26-10-12-27(13-11-26)22(28)16-32-23(29)18(2)25-33(30,31)21-8-6-20(24)7-9-21/h3-9,14,18,25H,10-13,15-16H2,1-2H3/t18-/m0/s1. The Hall–Kier alpha value is -2.46. The Bertz CT molecular complexity index is 1080. The Morgan fingerprint density at radius 2 is 1.76 bits per heavy atom. The molecule has 178 valence electrons. The van der Waals surface area contributed by atoms with E-state index in [1.165, 1.54) is 42.3 Å². The Morgan fingerprint density at radius 1 is 1.09 bits per heavy atom. The number of nitrogens with one attached hydrogen (secondary N) is 1. The van der Waals surface area contributed by atoms with E-state index in [9.17, 15) is 18.0 Å². The van der Waals surface area contributed by atoms with E-state index in [1.807, 2.05) is 6.07 Å². The fourth-order valence-corrected chi connectivity index (χ4v) is 4.85. The van der Waals surface area contributed by atoms with Crippen LogP contribution in [0.1, 0.15) is 18.1 Å². The maximum absolute atomic E-state index is 12.5. The smallest absolute Gasteiger partial charge is 0.324 e. The quantitative estimate of drug-likeness (QED) is 0.566. The van der Waals surface area contributed by atoms with E-state index in [-0.39, 0.29) is 10.8 Å². The highest BCUT2D eigenvalue weighted by atomic mass is 35.5. The van der Waals surface area contributed by atoms with Gasteiger partial charge in [-0.05, 0) is 43.7 Å². The summed E-state index contributed by atoms with van der Waals surface area (Å²) in [5.74, 6) is -1.12. The third-order valence-corrected chi connectivity index (χ3v) is 7.17. The van der Waals surface area contributed by atoms with Crippen LogP contribution in [0, 0.1) is 6.92 Å². The molecule has 10 heteroatoms. The fraction of sp³-hybridized carbons (Fsp3) is 0.391. The van der Waals surface area contributed by atoms with Crippen molar-refractivity contribution in [1.29, 1.82) is 0 Å². The van der Waals surface area contributed by atoms with Gasteiger partial charge in [0, 0.05) is 37.7 Å². The first kappa shape index (κ1) is 25.2. The van der Waals surface area contributed by atoms with E-state index in [2.05, 4.69) is 34.7 Å². The van der Waals surface area contributed by atoms with Crippen LogP contribution in [0.2, 0.25) is 5.02 Å². The Balaban J connectivity index is 1.42. The van der Waals surface area contributed by atoms with Crippen molar-refractivity contribution < 1.29 is 22.7 Å². The summed E-state index contributed by atoms with van der Waals surface area (Å²) in [7, 11) is -3.93. The van der Waals surface area contributed by atoms with Crippen LogP contribution >= 0.6 is 11.6 Å². The summed E-state index contributed by atoms with van der Waals surface area (Å²) in [4.78, 5) is 28.6. The summed E-state index contributed by atoms with van der Waals surface area (Å²) < 4.78 is 32.1. The normalized spacial score (nSPS) is 15.8. The van der Waals surface area contributed by atoms with Crippen molar-refractivity contribution in [3.05, 3.63) is 64.7 Å². The molecular weight excluding hydrogens is 466 g/mol. The maximum atomic E-state index is 12.5. The van der Waals surface area contributed by atoms with Gasteiger partial charge < -0.3 is 9.64 Å². The molecule has 0 saturated carbocycles. The van der Waals surface area contributed by atoms with Crippen LogP contribution in [0.3, 0.4) is 0 Å². The molecule has 1 aliphatic rings. The number of sulfonamides is 1. The maximum Gasteiger partial charge on any atom is 0.324 e. The van der Waals surface area contributed by atoms with Gasteiger partial charge in [0.25, 0.3) is 5.91 Å². The van der Waals surface area contributed by atoms with Crippen LogP contribution < -0.4 is 4.72 Å². The molecule has 1 saturated heterocycles. The molecule has 1 aliphatic heterocycles. The minimum atomic E-state index is -3.93. The summed E-state index contributed by atoms with van der Waals surface area (Å²) in [5, 5.41) is 0.399. The molecule has 1 heterocycles. The zero-order valence-corrected chi connectivity index (χ0v) is 20.2. The van der Waals surface area contributed by atoms with Crippen molar-refractivity contribution >= 4 is 33.5 Å². The minimum Gasteiger partial charge on any atom is -0.454 e. The average molecular weight is 494 g/mol. The van der Waals surface area contributed by atoms with E-state index >= 15 is 0 Å². The molecular formula is C23H28ClN3O5S. The highest BCUT2D eigenvalue weighted by Gasteiger charge is 2.26. The van der Waals surface area contributed by atoms with Crippen molar-refractivity contribution in [3.8, 4) is 0 Å². The summed E-state index contributed by atoms with van der Waals surface area (Å²) in [6.45, 7) is 6.36. The van der Waals surface area contributed by atoms with Gasteiger partial charge in [0.2, 0.25) is 10.0 Å². The van der Waals surface area contributed by atoms with Crippen LogP contribution in [0.5, 0.6) is 0 Å². The number of halogens is 1. The van der Waals surface area contributed by atoms with E-state index in [1.54, 1.807) is 4.90 Å². The summed E-state index contributed by atoms with van der Waals surface area (Å²) in [6, 6.07) is 12.8. The Kier molecular flexibility index (Phi) is 8.47. The summed E-state index contributed by atoms with van der Waals surface area (Å²) >= 11 is 5.77. The molecule has 0 unspecified atom stereocenters. The number of hydrogen-bond acceptors (Lipinski definition) is 6. The van der Waals surface area contributed by atoms with Crippen LogP contribution in [-0.4, -0.2) is 68.9 Å². The van der Waals surface area contributed by atoms with Crippen LogP contribution in [0.25, 0.3) is 0 Å². The molecule has 2 aromatic carbocycles. The number of carbonyl (C=O) groups excluding carboxylic acids is 2. The van der Waals surface area contributed by atoms with Crippen LogP contribution in [0.15, 0.2) is 53.4 Å². The van der Waals surface area contributed by atoms with Crippen molar-refractivity contribution in [3.63, 3.8) is 0 Å². The molecule has 1 amide bonds. The third-order valence-electron chi connectivity index (χ3n) is 5.36. The van der Waals surface area contributed by atoms with E-state index in [0.29, 0.717) is 18.1 Å². The average Bonchev–Trinajstić information content (AvgIpc) is 2.77. The molecule has 33 heavy (non-hydrogen) atoms. The first-order valence-electron chi connectivity index (χ1n) is 10.6. The van der Waals surface area contributed by atoms with E-state index in [4.69, 9.17) is 16.3 Å². The topological polar surface area (TPSA) is 96.0 Å². The molecule has 3 rings (SSSR count). The Labute approximate surface area is 199 Å². The molecule has 0 aliphatic carbocycles. The van der Waals surface area contributed by atoms with Crippen LogP contribution in [0.4, 0.5) is 0 Å². The summed E-state index contributed by atoms with van der Waals surface area (Å²) in [6.07, 6.45) is 0. The van der Waals surface area contributed by atoms with Gasteiger partial charge in [0.1, 0.15) is 6.04 Å².